The number of benzene rings is 1. The summed E-state index contributed by atoms with van der Waals surface area (Å²) in [6.07, 6.45) is 0.688. The molecule has 1 aromatic rings. The molecule has 0 spiro atoms. The third kappa shape index (κ3) is 3.85. The predicted octanol–water partition coefficient (Wildman–Crippen LogP) is 3.15. The number of nitrogens with one attached hydrogen (secondary N) is 1. The van der Waals surface area contributed by atoms with Crippen LogP contribution in [-0.4, -0.2) is 30.9 Å². The Hall–Kier alpha value is -1.35. The SMILES string of the molecule is CNC(CN1CC(C(C)(C)C)CC1=O)c1cccc(C)c1. The molecule has 2 atom stereocenters. The van der Waals surface area contributed by atoms with Crippen LogP contribution in [-0.2, 0) is 4.79 Å². The molecule has 116 valence electrons. The summed E-state index contributed by atoms with van der Waals surface area (Å²) in [5, 5.41) is 3.35. The number of hydrogen-bond acceptors (Lipinski definition) is 2. The van der Waals surface area contributed by atoms with Crippen LogP contribution in [0.5, 0.6) is 0 Å². The van der Waals surface area contributed by atoms with Crippen LogP contribution in [0.15, 0.2) is 24.3 Å². The summed E-state index contributed by atoms with van der Waals surface area (Å²) in [4.78, 5) is 14.3. The molecule has 3 heteroatoms. The Balaban J connectivity index is 2.07. The minimum absolute atomic E-state index is 0.197. The second kappa shape index (κ2) is 6.18. The highest BCUT2D eigenvalue weighted by atomic mass is 16.2. The highest BCUT2D eigenvalue weighted by Gasteiger charge is 2.37. The molecule has 1 N–H and O–H groups in total. The Morgan fingerprint density at radius 3 is 2.62 bits per heavy atom. The fraction of sp³-hybridized carbons (Fsp3) is 0.611. The van der Waals surface area contributed by atoms with Crippen LogP contribution >= 0.6 is 0 Å². The minimum Gasteiger partial charge on any atom is -0.340 e. The fourth-order valence-corrected chi connectivity index (χ4v) is 3.00. The molecule has 1 fully saturated rings. The molecule has 2 rings (SSSR count). The summed E-state index contributed by atoms with van der Waals surface area (Å²) < 4.78 is 0. The highest BCUT2D eigenvalue weighted by Crippen LogP contribution is 2.34. The number of aryl methyl sites for hydroxylation is 1. The molecule has 3 nitrogen and oxygen atoms in total. The van der Waals surface area contributed by atoms with Gasteiger partial charge in [0.2, 0.25) is 5.91 Å². The molecule has 2 unspecified atom stereocenters. The van der Waals surface area contributed by atoms with Gasteiger partial charge in [-0.15, -0.1) is 0 Å². The number of carbonyl (C=O) groups excluding carboxylic acids is 1. The van der Waals surface area contributed by atoms with Crippen LogP contribution in [0, 0.1) is 18.3 Å². The Morgan fingerprint density at radius 2 is 2.10 bits per heavy atom. The zero-order valence-electron chi connectivity index (χ0n) is 13.9. The Labute approximate surface area is 128 Å². The molecule has 0 radical (unpaired) electrons. The van der Waals surface area contributed by atoms with Crippen molar-refractivity contribution in [2.24, 2.45) is 11.3 Å². The molecule has 1 aliphatic heterocycles. The summed E-state index contributed by atoms with van der Waals surface area (Å²) in [6.45, 7) is 10.4. The Kier molecular flexibility index (Phi) is 4.72. The molecule has 1 saturated heterocycles. The molecule has 1 aliphatic rings. The van der Waals surface area contributed by atoms with Crippen LogP contribution in [0.2, 0.25) is 0 Å². The van der Waals surface area contributed by atoms with Crippen LogP contribution < -0.4 is 5.32 Å². The predicted molar refractivity (Wildman–Crippen MR) is 87.1 cm³/mol. The lowest BCUT2D eigenvalue weighted by Crippen LogP contribution is -2.35. The van der Waals surface area contributed by atoms with Crippen LogP contribution in [0.3, 0.4) is 0 Å². The molecule has 0 aromatic heterocycles. The first-order chi connectivity index (χ1) is 9.81. The molecule has 21 heavy (non-hydrogen) atoms. The van der Waals surface area contributed by atoms with Crippen molar-refractivity contribution >= 4 is 5.91 Å². The standard InChI is InChI=1S/C18H28N2O/c1-13-7-6-8-14(9-13)16(19-5)12-20-11-15(10-17(20)21)18(2,3)4/h6-9,15-16,19H,10-12H2,1-5H3. The number of likely N-dealkylation sites (N-methyl/N-ethyl adjacent to an activating group) is 1. The van der Waals surface area contributed by atoms with Crippen molar-refractivity contribution < 1.29 is 4.79 Å². The van der Waals surface area contributed by atoms with Gasteiger partial charge in [-0.3, -0.25) is 4.79 Å². The van der Waals surface area contributed by atoms with E-state index in [2.05, 4.69) is 57.3 Å². The van der Waals surface area contributed by atoms with Crippen LogP contribution in [0.1, 0.15) is 44.4 Å². The van der Waals surface area contributed by atoms with Crippen molar-refractivity contribution in [3.63, 3.8) is 0 Å². The maximum Gasteiger partial charge on any atom is 0.223 e. The van der Waals surface area contributed by atoms with Crippen molar-refractivity contribution in [2.75, 3.05) is 20.1 Å². The number of hydrogen-bond donors (Lipinski definition) is 1. The van der Waals surface area contributed by atoms with E-state index in [4.69, 9.17) is 0 Å². The van der Waals surface area contributed by atoms with E-state index in [-0.39, 0.29) is 11.5 Å². The summed E-state index contributed by atoms with van der Waals surface area (Å²) in [7, 11) is 1.97. The number of likely N-dealkylation sites (tertiary alicyclic amines) is 1. The molecule has 0 bridgehead atoms. The molecule has 1 aromatic carbocycles. The normalized spacial score (nSPS) is 20.9. The number of nitrogens with zero attached hydrogens (tertiary/aromatic N) is 1. The fourth-order valence-electron chi connectivity index (χ4n) is 3.00. The van der Waals surface area contributed by atoms with E-state index in [0.717, 1.165) is 13.1 Å². The molecule has 0 saturated carbocycles. The average Bonchev–Trinajstić information content (AvgIpc) is 2.77. The van der Waals surface area contributed by atoms with Gasteiger partial charge in [-0.1, -0.05) is 50.6 Å². The van der Waals surface area contributed by atoms with E-state index in [1.54, 1.807) is 0 Å². The third-order valence-corrected chi connectivity index (χ3v) is 4.64. The van der Waals surface area contributed by atoms with Crippen molar-refractivity contribution in [3.8, 4) is 0 Å². The highest BCUT2D eigenvalue weighted by molar-refractivity contribution is 5.78. The van der Waals surface area contributed by atoms with Crippen molar-refractivity contribution in [2.45, 2.75) is 40.2 Å². The second-order valence-electron chi connectivity index (χ2n) is 7.32. The molecular formula is C18H28N2O. The first-order valence-corrected chi connectivity index (χ1v) is 7.83. The number of rotatable bonds is 4. The first-order valence-electron chi connectivity index (χ1n) is 7.83. The van der Waals surface area contributed by atoms with Crippen LogP contribution in [0.4, 0.5) is 0 Å². The zero-order valence-corrected chi connectivity index (χ0v) is 13.9. The number of amides is 1. The van der Waals surface area contributed by atoms with E-state index < -0.39 is 0 Å². The smallest absolute Gasteiger partial charge is 0.223 e. The molecule has 0 aliphatic carbocycles. The topological polar surface area (TPSA) is 32.3 Å². The lowest BCUT2D eigenvalue weighted by Gasteiger charge is -2.28. The lowest BCUT2D eigenvalue weighted by atomic mass is 9.80. The van der Waals surface area contributed by atoms with Gasteiger partial charge < -0.3 is 10.2 Å². The van der Waals surface area contributed by atoms with Gasteiger partial charge in [-0.05, 0) is 30.9 Å². The first kappa shape index (κ1) is 16.0. The van der Waals surface area contributed by atoms with Crippen molar-refractivity contribution in [3.05, 3.63) is 35.4 Å². The van der Waals surface area contributed by atoms with E-state index in [1.807, 2.05) is 11.9 Å². The second-order valence-corrected chi connectivity index (χ2v) is 7.32. The van der Waals surface area contributed by atoms with Gasteiger partial charge in [0.1, 0.15) is 0 Å². The van der Waals surface area contributed by atoms with E-state index in [9.17, 15) is 4.79 Å². The molecular weight excluding hydrogens is 260 g/mol. The maximum atomic E-state index is 12.3. The van der Waals surface area contributed by atoms with Crippen molar-refractivity contribution in [1.82, 2.24) is 10.2 Å². The van der Waals surface area contributed by atoms with E-state index in [0.29, 0.717) is 18.2 Å². The van der Waals surface area contributed by atoms with Gasteiger partial charge in [0, 0.05) is 25.6 Å². The third-order valence-electron chi connectivity index (χ3n) is 4.64. The average molecular weight is 288 g/mol. The maximum absolute atomic E-state index is 12.3. The largest absolute Gasteiger partial charge is 0.340 e. The molecule has 1 amide bonds. The number of carbonyl (C=O) groups is 1. The van der Waals surface area contributed by atoms with E-state index >= 15 is 0 Å². The van der Waals surface area contributed by atoms with E-state index in [1.165, 1.54) is 11.1 Å². The van der Waals surface area contributed by atoms with Gasteiger partial charge in [-0.25, -0.2) is 0 Å². The molecule has 1 heterocycles. The van der Waals surface area contributed by atoms with Crippen molar-refractivity contribution in [1.29, 1.82) is 0 Å². The lowest BCUT2D eigenvalue weighted by molar-refractivity contribution is -0.128. The monoisotopic (exact) mass is 288 g/mol. The van der Waals surface area contributed by atoms with Gasteiger partial charge >= 0.3 is 0 Å². The minimum atomic E-state index is 0.197. The Morgan fingerprint density at radius 1 is 1.38 bits per heavy atom. The summed E-state index contributed by atoms with van der Waals surface area (Å²) in [6, 6.07) is 8.72. The zero-order chi connectivity index (χ0) is 15.6. The van der Waals surface area contributed by atoms with Gasteiger partial charge in [-0.2, -0.15) is 0 Å². The van der Waals surface area contributed by atoms with Crippen LogP contribution in [0.25, 0.3) is 0 Å². The van der Waals surface area contributed by atoms with Gasteiger partial charge in [0.05, 0.1) is 0 Å². The quantitative estimate of drug-likeness (QED) is 0.923. The summed E-state index contributed by atoms with van der Waals surface area (Å²) >= 11 is 0. The van der Waals surface area contributed by atoms with Gasteiger partial charge in [0.15, 0.2) is 0 Å². The summed E-state index contributed by atoms with van der Waals surface area (Å²) in [5.74, 6) is 0.753. The Bertz CT molecular complexity index is 504. The van der Waals surface area contributed by atoms with Gasteiger partial charge in [0.25, 0.3) is 0 Å². The summed E-state index contributed by atoms with van der Waals surface area (Å²) in [5.41, 5.74) is 2.71.